The fraction of sp³-hybridized carbons (Fsp3) is 1.00. The molecule has 0 spiro atoms. The minimum atomic E-state index is 0.951. The smallest absolute Gasteiger partial charge is 0.00637 e. The molecular weight excluding hydrogens is 118 g/mol. The van der Waals surface area contributed by atoms with Crippen LogP contribution in [0.25, 0.3) is 0 Å². The van der Waals surface area contributed by atoms with Gasteiger partial charge in [-0.25, -0.2) is 0 Å². The van der Waals surface area contributed by atoms with Gasteiger partial charge in [0, 0.05) is 12.3 Å². The van der Waals surface area contributed by atoms with E-state index in [1.54, 1.807) is 0 Å². The summed E-state index contributed by atoms with van der Waals surface area (Å²) >= 11 is 4.02. The summed E-state index contributed by atoms with van der Waals surface area (Å²) in [6.45, 7) is 5.07. The van der Waals surface area contributed by atoms with Gasteiger partial charge in [-0.1, -0.05) is 13.8 Å². The molecule has 0 N–H and O–H groups in total. The maximum atomic E-state index is 4.02. The number of hydrogen-bond donors (Lipinski definition) is 1. The molecular formula is C6H17NS. The molecule has 0 saturated heterocycles. The van der Waals surface area contributed by atoms with Crippen molar-refractivity contribution in [3.8, 4) is 0 Å². The summed E-state index contributed by atoms with van der Waals surface area (Å²) in [6.07, 6.45) is 0. The van der Waals surface area contributed by atoms with Crippen LogP contribution in [0.15, 0.2) is 0 Å². The quantitative estimate of drug-likeness (QED) is 0.562. The normalized spacial score (nSPS) is 8.25. The van der Waals surface area contributed by atoms with Crippen molar-refractivity contribution in [1.82, 2.24) is 4.90 Å². The third-order valence-corrected chi connectivity index (χ3v) is 0.747. The first-order chi connectivity index (χ1) is 3.77. The molecule has 0 saturated carbocycles. The molecule has 0 radical (unpaired) electrons. The van der Waals surface area contributed by atoms with Gasteiger partial charge in [0.25, 0.3) is 0 Å². The minimum absolute atomic E-state index is 0.951. The Labute approximate surface area is 58.5 Å². The Morgan fingerprint density at radius 1 is 1.25 bits per heavy atom. The summed E-state index contributed by atoms with van der Waals surface area (Å²) in [5.74, 6) is 0.951. The lowest BCUT2D eigenvalue weighted by Crippen LogP contribution is -2.13. The van der Waals surface area contributed by atoms with Crippen LogP contribution in [0.4, 0.5) is 0 Å². The summed E-state index contributed by atoms with van der Waals surface area (Å²) in [6, 6.07) is 0. The highest BCUT2D eigenvalue weighted by atomic mass is 32.1. The summed E-state index contributed by atoms with van der Waals surface area (Å²) in [7, 11) is 4.08. The van der Waals surface area contributed by atoms with Gasteiger partial charge in [-0.05, 0) is 14.1 Å². The maximum absolute atomic E-state index is 4.02. The summed E-state index contributed by atoms with van der Waals surface area (Å²) < 4.78 is 0. The van der Waals surface area contributed by atoms with Gasteiger partial charge in [0.2, 0.25) is 0 Å². The van der Waals surface area contributed by atoms with Crippen LogP contribution < -0.4 is 0 Å². The highest BCUT2D eigenvalue weighted by Gasteiger charge is 1.80. The highest BCUT2D eigenvalue weighted by Crippen LogP contribution is 1.74. The van der Waals surface area contributed by atoms with E-state index in [-0.39, 0.29) is 0 Å². The maximum Gasteiger partial charge on any atom is 0.00637 e. The molecule has 0 heterocycles. The fourth-order valence-corrected chi connectivity index (χ4v) is 0.600. The van der Waals surface area contributed by atoms with Crippen LogP contribution in [0.3, 0.4) is 0 Å². The van der Waals surface area contributed by atoms with Crippen molar-refractivity contribution >= 4 is 12.6 Å². The largest absolute Gasteiger partial charge is 0.309 e. The second-order valence-corrected chi connectivity index (χ2v) is 1.97. The van der Waals surface area contributed by atoms with Crippen LogP contribution in [-0.2, 0) is 0 Å². The highest BCUT2D eigenvalue weighted by molar-refractivity contribution is 7.80. The van der Waals surface area contributed by atoms with E-state index < -0.39 is 0 Å². The molecule has 0 aromatic heterocycles. The van der Waals surface area contributed by atoms with Crippen LogP contribution in [-0.4, -0.2) is 31.3 Å². The molecule has 0 fully saturated rings. The number of nitrogens with zero attached hydrogens (tertiary/aromatic N) is 1. The predicted octanol–water partition coefficient (Wildman–Crippen LogP) is 1.50. The molecule has 0 rings (SSSR count). The van der Waals surface area contributed by atoms with Crippen molar-refractivity contribution in [3.05, 3.63) is 0 Å². The van der Waals surface area contributed by atoms with Gasteiger partial charge >= 0.3 is 0 Å². The Morgan fingerprint density at radius 3 is 1.62 bits per heavy atom. The van der Waals surface area contributed by atoms with Crippen LogP contribution >= 0.6 is 12.6 Å². The molecule has 8 heavy (non-hydrogen) atoms. The third-order valence-electron chi connectivity index (χ3n) is 0.547. The Bertz CT molecular complexity index is 29.7. The van der Waals surface area contributed by atoms with Crippen molar-refractivity contribution in [2.45, 2.75) is 13.8 Å². The lowest BCUT2D eigenvalue weighted by atomic mass is 10.7. The van der Waals surface area contributed by atoms with Gasteiger partial charge in [-0.15, -0.1) is 0 Å². The van der Waals surface area contributed by atoms with Gasteiger partial charge in [-0.3, -0.25) is 0 Å². The molecule has 0 atom stereocenters. The van der Waals surface area contributed by atoms with Crippen LogP contribution in [0.1, 0.15) is 13.8 Å². The van der Waals surface area contributed by atoms with Gasteiger partial charge in [0.1, 0.15) is 0 Å². The van der Waals surface area contributed by atoms with Crippen LogP contribution in [0.5, 0.6) is 0 Å². The standard InChI is InChI=1S/C4H11NS.C2H6/c1-5(2)3-4-6;1-2/h6H,3-4H2,1-2H3;1-2H3. The molecule has 0 aromatic carbocycles. The second kappa shape index (κ2) is 10.3. The third kappa shape index (κ3) is 16.2. The molecule has 0 bridgehead atoms. The predicted molar refractivity (Wildman–Crippen MR) is 43.8 cm³/mol. The first-order valence-electron chi connectivity index (χ1n) is 3.03. The van der Waals surface area contributed by atoms with Gasteiger partial charge in [0.15, 0.2) is 0 Å². The Kier molecular flexibility index (Phi) is 14.4. The van der Waals surface area contributed by atoms with Gasteiger partial charge < -0.3 is 4.90 Å². The van der Waals surface area contributed by atoms with E-state index in [4.69, 9.17) is 0 Å². The van der Waals surface area contributed by atoms with Gasteiger partial charge in [0.05, 0.1) is 0 Å². The van der Waals surface area contributed by atoms with Crippen molar-refractivity contribution < 1.29 is 0 Å². The zero-order chi connectivity index (χ0) is 6.99. The minimum Gasteiger partial charge on any atom is -0.309 e. The molecule has 0 aliphatic heterocycles. The Morgan fingerprint density at radius 2 is 1.62 bits per heavy atom. The molecule has 0 amide bonds. The average molecular weight is 135 g/mol. The van der Waals surface area contributed by atoms with Gasteiger partial charge in [-0.2, -0.15) is 12.6 Å². The van der Waals surface area contributed by atoms with E-state index in [2.05, 4.69) is 17.5 Å². The van der Waals surface area contributed by atoms with Crippen molar-refractivity contribution in [3.63, 3.8) is 0 Å². The number of hydrogen-bond acceptors (Lipinski definition) is 2. The van der Waals surface area contributed by atoms with Crippen molar-refractivity contribution in [1.29, 1.82) is 0 Å². The molecule has 2 heteroatoms. The van der Waals surface area contributed by atoms with E-state index in [1.165, 1.54) is 0 Å². The molecule has 0 aliphatic rings. The zero-order valence-electron chi connectivity index (χ0n) is 6.31. The zero-order valence-corrected chi connectivity index (χ0v) is 7.20. The molecule has 1 nitrogen and oxygen atoms in total. The summed E-state index contributed by atoms with van der Waals surface area (Å²) in [4.78, 5) is 2.10. The molecule has 0 aromatic rings. The lowest BCUT2D eigenvalue weighted by molar-refractivity contribution is 0.438. The van der Waals surface area contributed by atoms with E-state index in [0.29, 0.717) is 0 Å². The van der Waals surface area contributed by atoms with E-state index in [9.17, 15) is 0 Å². The Hall–Kier alpha value is 0.310. The lowest BCUT2D eigenvalue weighted by Gasteiger charge is -2.03. The van der Waals surface area contributed by atoms with Crippen molar-refractivity contribution in [2.24, 2.45) is 0 Å². The number of rotatable bonds is 2. The summed E-state index contributed by atoms with van der Waals surface area (Å²) in [5.41, 5.74) is 0. The molecule has 0 unspecified atom stereocenters. The Balaban J connectivity index is 0. The van der Waals surface area contributed by atoms with Crippen molar-refractivity contribution in [2.75, 3.05) is 26.4 Å². The first kappa shape index (κ1) is 11.2. The van der Waals surface area contributed by atoms with Crippen LogP contribution in [0, 0.1) is 0 Å². The average Bonchev–Trinajstić information content (AvgIpc) is 1.72. The molecule has 52 valence electrons. The summed E-state index contributed by atoms with van der Waals surface area (Å²) in [5, 5.41) is 0. The fourth-order valence-electron chi connectivity index (χ4n) is 0.200. The molecule has 0 aliphatic carbocycles. The first-order valence-corrected chi connectivity index (χ1v) is 3.66. The number of thiol groups is 1. The van der Waals surface area contributed by atoms with E-state index in [1.807, 2.05) is 27.9 Å². The van der Waals surface area contributed by atoms with E-state index >= 15 is 0 Å². The SMILES string of the molecule is CC.CN(C)CCS. The monoisotopic (exact) mass is 135 g/mol. The second-order valence-electron chi connectivity index (χ2n) is 1.53. The van der Waals surface area contributed by atoms with Crippen LogP contribution in [0.2, 0.25) is 0 Å². The topological polar surface area (TPSA) is 3.24 Å². The van der Waals surface area contributed by atoms with E-state index in [0.717, 1.165) is 12.3 Å².